The summed E-state index contributed by atoms with van der Waals surface area (Å²) in [5, 5.41) is 3.52. The highest BCUT2D eigenvalue weighted by Crippen LogP contribution is 2.23. The molecule has 21 heavy (non-hydrogen) atoms. The van der Waals surface area contributed by atoms with Gasteiger partial charge in [-0.1, -0.05) is 24.6 Å². The Kier molecular flexibility index (Phi) is 5.00. The number of hydrogen-bond acceptors (Lipinski definition) is 5. The number of esters is 1. The van der Waals surface area contributed by atoms with Crippen molar-refractivity contribution < 1.29 is 9.53 Å². The number of benzene rings is 1. The van der Waals surface area contributed by atoms with Gasteiger partial charge in [0, 0.05) is 11.9 Å². The molecule has 0 unspecified atom stereocenters. The van der Waals surface area contributed by atoms with Crippen LogP contribution in [0, 0.1) is 0 Å². The van der Waals surface area contributed by atoms with Gasteiger partial charge in [0.2, 0.25) is 0 Å². The molecule has 0 spiro atoms. The maximum Gasteiger partial charge on any atom is 0.338 e. The van der Waals surface area contributed by atoms with Crippen LogP contribution in [-0.2, 0) is 4.74 Å². The Morgan fingerprint density at radius 2 is 2.24 bits per heavy atom. The number of nitrogens with one attached hydrogen (secondary N) is 1. The van der Waals surface area contributed by atoms with Crippen molar-refractivity contribution in [2.75, 3.05) is 17.7 Å². The maximum absolute atomic E-state index is 11.8. The summed E-state index contributed by atoms with van der Waals surface area (Å²) in [6, 6.07) is 8.56. The summed E-state index contributed by atoms with van der Waals surface area (Å²) in [7, 11) is 0. The zero-order valence-electron chi connectivity index (χ0n) is 11.6. The molecule has 0 radical (unpaired) electrons. The average molecular weight is 306 g/mol. The van der Waals surface area contributed by atoms with Crippen LogP contribution in [0.15, 0.2) is 36.5 Å². The second kappa shape index (κ2) is 6.95. The first kappa shape index (κ1) is 15.1. The van der Waals surface area contributed by atoms with Crippen LogP contribution in [0.2, 0.25) is 5.02 Å². The van der Waals surface area contributed by atoms with E-state index in [-0.39, 0.29) is 5.97 Å². The molecule has 0 amide bonds. The zero-order valence-corrected chi connectivity index (χ0v) is 12.4. The number of rotatable bonds is 5. The summed E-state index contributed by atoms with van der Waals surface area (Å²) in [4.78, 5) is 15.9. The van der Waals surface area contributed by atoms with Gasteiger partial charge in [0.1, 0.15) is 0 Å². The average Bonchev–Trinajstić information content (AvgIpc) is 2.48. The van der Waals surface area contributed by atoms with E-state index in [1.54, 1.807) is 24.3 Å². The van der Waals surface area contributed by atoms with Crippen LogP contribution in [0.5, 0.6) is 0 Å². The standard InChI is InChI=1S/C15H16ClN3O2/c1-2-6-21-15(20)10-4-3-5-12(7-10)19-14-13(17)8-11(16)9-18-14/h3-5,7-9H,2,6,17H2,1H3,(H,18,19). The molecule has 1 aromatic heterocycles. The van der Waals surface area contributed by atoms with E-state index in [0.717, 1.165) is 6.42 Å². The predicted molar refractivity (Wildman–Crippen MR) is 84.0 cm³/mol. The summed E-state index contributed by atoms with van der Waals surface area (Å²) in [6.07, 6.45) is 2.29. The molecule has 0 atom stereocenters. The first-order chi connectivity index (χ1) is 10.1. The third-order valence-corrected chi connectivity index (χ3v) is 2.89. The van der Waals surface area contributed by atoms with Crippen LogP contribution >= 0.6 is 11.6 Å². The number of carbonyl (C=O) groups is 1. The summed E-state index contributed by atoms with van der Waals surface area (Å²) in [5.41, 5.74) is 7.43. The van der Waals surface area contributed by atoms with Crippen molar-refractivity contribution in [1.29, 1.82) is 0 Å². The summed E-state index contributed by atoms with van der Waals surface area (Å²) < 4.78 is 5.10. The molecule has 2 aromatic rings. The van der Waals surface area contributed by atoms with Gasteiger partial charge in [-0.15, -0.1) is 0 Å². The molecule has 1 aromatic carbocycles. The molecule has 0 saturated carbocycles. The van der Waals surface area contributed by atoms with Gasteiger partial charge in [0.15, 0.2) is 5.82 Å². The molecular weight excluding hydrogens is 290 g/mol. The van der Waals surface area contributed by atoms with Crippen LogP contribution in [0.3, 0.4) is 0 Å². The number of ether oxygens (including phenoxy) is 1. The van der Waals surface area contributed by atoms with Crippen LogP contribution in [-0.4, -0.2) is 17.6 Å². The molecule has 3 N–H and O–H groups in total. The molecule has 5 nitrogen and oxygen atoms in total. The van der Waals surface area contributed by atoms with E-state index in [4.69, 9.17) is 22.1 Å². The van der Waals surface area contributed by atoms with E-state index < -0.39 is 0 Å². The summed E-state index contributed by atoms with van der Waals surface area (Å²) in [5.74, 6) is 0.135. The fourth-order valence-corrected chi connectivity index (χ4v) is 1.86. The van der Waals surface area contributed by atoms with Gasteiger partial charge >= 0.3 is 5.97 Å². The van der Waals surface area contributed by atoms with Crippen molar-refractivity contribution in [2.24, 2.45) is 0 Å². The Morgan fingerprint density at radius 1 is 1.43 bits per heavy atom. The number of nitrogen functional groups attached to an aromatic ring is 1. The second-order valence-electron chi connectivity index (χ2n) is 4.43. The molecule has 110 valence electrons. The van der Waals surface area contributed by atoms with Gasteiger partial charge < -0.3 is 15.8 Å². The molecule has 1 heterocycles. The minimum Gasteiger partial charge on any atom is -0.462 e. The van der Waals surface area contributed by atoms with Crippen molar-refractivity contribution in [3.05, 3.63) is 47.1 Å². The van der Waals surface area contributed by atoms with Gasteiger partial charge in [0.25, 0.3) is 0 Å². The number of hydrogen-bond donors (Lipinski definition) is 2. The van der Waals surface area contributed by atoms with E-state index in [0.29, 0.717) is 34.4 Å². The molecule has 0 aliphatic rings. The maximum atomic E-state index is 11.8. The van der Waals surface area contributed by atoms with Gasteiger partial charge in [-0.3, -0.25) is 0 Å². The molecule has 0 aliphatic heterocycles. The SMILES string of the molecule is CCCOC(=O)c1cccc(Nc2ncc(Cl)cc2N)c1. The molecule has 0 saturated heterocycles. The van der Waals surface area contributed by atoms with Gasteiger partial charge in [0.05, 0.1) is 22.9 Å². The summed E-state index contributed by atoms with van der Waals surface area (Å²) in [6.45, 7) is 2.35. The first-order valence-electron chi connectivity index (χ1n) is 6.55. The number of carbonyl (C=O) groups excluding carboxylic acids is 1. The molecule has 0 aliphatic carbocycles. The Bertz CT molecular complexity index is 647. The van der Waals surface area contributed by atoms with Crippen molar-refractivity contribution in [3.8, 4) is 0 Å². The Morgan fingerprint density at radius 3 is 2.95 bits per heavy atom. The molecule has 0 fully saturated rings. The second-order valence-corrected chi connectivity index (χ2v) is 4.87. The lowest BCUT2D eigenvalue weighted by atomic mass is 10.2. The number of halogens is 1. The fraction of sp³-hybridized carbons (Fsp3) is 0.200. The monoisotopic (exact) mass is 305 g/mol. The van der Waals surface area contributed by atoms with Crippen molar-refractivity contribution >= 4 is 34.8 Å². The number of aromatic nitrogens is 1. The Labute approximate surface area is 128 Å². The first-order valence-corrected chi connectivity index (χ1v) is 6.93. The number of nitrogens with two attached hydrogens (primary N) is 1. The van der Waals surface area contributed by atoms with Crippen molar-refractivity contribution in [3.63, 3.8) is 0 Å². The van der Waals surface area contributed by atoms with E-state index in [1.807, 2.05) is 13.0 Å². The van der Waals surface area contributed by atoms with Crippen LogP contribution in [0.4, 0.5) is 17.2 Å². The number of nitrogens with zero attached hydrogens (tertiary/aromatic N) is 1. The number of anilines is 3. The largest absolute Gasteiger partial charge is 0.462 e. The molecule has 0 bridgehead atoms. The lowest BCUT2D eigenvalue weighted by Crippen LogP contribution is -2.06. The van der Waals surface area contributed by atoms with Gasteiger partial charge in [-0.25, -0.2) is 9.78 Å². The third-order valence-electron chi connectivity index (χ3n) is 2.68. The third kappa shape index (κ3) is 4.10. The highest BCUT2D eigenvalue weighted by molar-refractivity contribution is 6.30. The van der Waals surface area contributed by atoms with Gasteiger partial charge in [-0.05, 0) is 30.7 Å². The topological polar surface area (TPSA) is 77.2 Å². The highest BCUT2D eigenvalue weighted by atomic mass is 35.5. The van der Waals surface area contributed by atoms with E-state index >= 15 is 0 Å². The minimum absolute atomic E-state index is 0.350. The summed E-state index contributed by atoms with van der Waals surface area (Å²) >= 11 is 5.80. The Hall–Kier alpha value is -2.27. The van der Waals surface area contributed by atoms with Crippen molar-refractivity contribution in [1.82, 2.24) is 4.98 Å². The number of pyridine rings is 1. The molecular formula is C15H16ClN3O2. The zero-order chi connectivity index (χ0) is 15.2. The molecule has 2 rings (SSSR count). The van der Waals surface area contributed by atoms with Crippen LogP contribution in [0.25, 0.3) is 0 Å². The quantitative estimate of drug-likeness (QED) is 0.825. The van der Waals surface area contributed by atoms with Crippen LogP contribution < -0.4 is 11.1 Å². The van der Waals surface area contributed by atoms with E-state index in [2.05, 4.69) is 10.3 Å². The van der Waals surface area contributed by atoms with Crippen LogP contribution in [0.1, 0.15) is 23.7 Å². The van der Waals surface area contributed by atoms with Gasteiger partial charge in [-0.2, -0.15) is 0 Å². The lowest BCUT2D eigenvalue weighted by molar-refractivity contribution is 0.0505. The molecule has 6 heteroatoms. The fourth-order valence-electron chi connectivity index (χ4n) is 1.70. The van der Waals surface area contributed by atoms with Crippen molar-refractivity contribution in [2.45, 2.75) is 13.3 Å². The minimum atomic E-state index is -0.350. The Balaban J connectivity index is 2.15. The normalized spacial score (nSPS) is 10.2. The predicted octanol–water partition coefficient (Wildman–Crippen LogP) is 3.63. The highest BCUT2D eigenvalue weighted by Gasteiger charge is 2.08. The lowest BCUT2D eigenvalue weighted by Gasteiger charge is -2.10. The van der Waals surface area contributed by atoms with E-state index in [1.165, 1.54) is 6.20 Å². The van der Waals surface area contributed by atoms with E-state index in [9.17, 15) is 4.79 Å². The smallest absolute Gasteiger partial charge is 0.338 e.